The van der Waals surface area contributed by atoms with Crippen LogP contribution in [0.25, 0.3) is 11.1 Å². The van der Waals surface area contributed by atoms with E-state index in [2.05, 4.69) is 16.0 Å². The molecular formula is C29H38N4O6. The molecule has 2 aromatic carbocycles. The summed E-state index contributed by atoms with van der Waals surface area (Å²) in [5.41, 5.74) is 7.44. The van der Waals surface area contributed by atoms with Gasteiger partial charge in [0.2, 0.25) is 17.7 Å². The van der Waals surface area contributed by atoms with Crippen LogP contribution in [-0.2, 0) is 19.2 Å². The van der Waals surface area contributed by atoms with E-state index in [1.165, 1.54) is 0 Å². The molecule has 6 N–H and O–H groups in total. The summed E-state index contributed by atoms with van der Waals surface area (Å²) in [4.78, 5) is 61.9. The number of carboxylic acid groups (broad SMARTS) is 1. The average molecular weight is 539 g/mol. The normalized spacial score (nSPS) is 14.0. The van der Waals surface area contributed by atoms with E-state index >= 15 is 0 Å². The van der Waals surface area contributed by atoms with Gasteiger partial charge in [0.1, 0.15) is 18.1 Å². The van der Waals surface area contributed by atoms with Crippen molar-refractivity contribution in [3.05, 3.63) is 60.2 Å². The molecule has 0 spiro atoms. The number of hydrogen-bond acceptors (Lipinski definition) is 5. The van der Waals surface area contributed by atoms with Crippen LogP contribution >= 0.6 is 0 Å². The first-order chi connectivity index (χ1) is 18.4. The van der Waals surface area contributed by atoms with Crippen LogP contribution in [0, 0.1) is 11.8 Å². The van der Waals surface area contributed by atoms with Gasteiger partial charge in [-0.15, -0.1) is 0 Å². The second-order valence-corrected chi connectivity index (χ2v) is 9.91. The molecular weight excluding hydrogens is 500 g/mol. The molecule has 0 aromatic heterocycles. The number of benzene rings is 2. The lowest BCUT2D eigenvalue weighted by atomic mass is 9.95. The lowest BCUT2D eigenvalue weighted by Crippen LogP contribution is -2.58. The van der Waals surface area contributed by atoms with Crippen molar-refractivity contribution in [2.75, 3.05) is 0 Å². The Hall–Kier alpha value is -4.21. The Labute approximate surface area is 228 Å². The van der Waals surface area contributed by atoms with Crippen LogP contribution in [0.3, 0.4) is 0 Å². The minimum atomic E-state index is -1.34. The number of rotatable bonds is 14. The first-order valence-electron chi connectivity index (χ1n) is 13.0. The fourth-order valence-electron chi connectivity index (χ4n) is 3.95. The summed E-state index contributed by atoms with van der Waals surface area (Å²) >= 11 is 0. The van der Waals surface area contributed by atoms with Gasteiger partial charge in [-0.1, -0.05) is 76.6 Å². The van der Waals surface area contributed by atoms with E-state index in [0.29, 0.717) is 12.0 Å². The van der Waals surface area contributed by atoms with Crippen molar-refractivity contribution < 1.29 is 29.1 Å². The van der Waals surface area contributed by atoms with E-state index in [1.807, 2.05) is 56.3 Å². The van der Waals surface area contributed by atoms with Gasteiger partial charge in [0.05, 0.1) is 0 Å². The van der Waals surface area contributed by atoms with Gasteiger partial charge in [-0.2, -0.15) is 0 Å². The number of carbonyl (C=O) groups excluding carboxylic acids is 4. The van der Waals surface area contributed by atoms with Gasteiger partial charge in [-0.05, 0) is 41.5 Å². The molecule has 4 atom stereocenters. The number of aliphatic carboxylic acids is 1. The Bertz CT molecular complexity index is 1150. The molecule has 0 fully saturated rings. The lowest BCUT2D eigenvalue weighted by Gasteiger charge is -2.28. The Balaban J connectivity index is 2.15. The van der Waals surface area contributed by atoms with Gasteiger partial charge in [0, 0.05) is 12.0 Å². The Morgan fingerprint density at radius 2 is 1.36 bits per heavy atom. The molecule has 0 saturated carbocycles. The molecule has 0 radical (unpaired) electrons. The van der Waals surface area contributed by atoms with Crippen molar-refractivity contribution in [1.82, 2.24) is 16.0 Å². The number of hydrogen-bond donors (Lipinski definition) is 5. The molecule has 0 saturated heterocycles. The van der Waals surface area contributed by atoms with Gasteiger partial charge >= 0.3 is 5.97 Å². The molecule has 10 heteroatoms. The van der Waals surface area contributed by atoms with Gasteiger partial charge in [0.25, 0.3) is 5.91 Å². The van der Waals surface area contributed by atoms with Gasteiger partial charge in [-0.3, -0.25) is 19.2 Å². The van der Waals surface area contributed by atoms with E-state index in [1.54, 1.807) is 26.0 Å². The number of nitrogens with two attached hydrogens (primary N) is 1. The predicted octanol–water partition coefficient (Wildman–Crippen LogP) is 2.47. The van der Waals surface area contributed by atoms with Crippen molar-refractivity contribution in [2.45, 2.75) is 65.1 Å². The summed E-state index contributed by atoms with van der Waals surface area (Å²) in [6.07, 6.45) is 0.187. The molecule has 10 nitrogen and oxygen atoms in total. The zero-order chi connectivity index (χ0) is 29.1. The predicted molar refractivity (Wildman–Crippen MR) is 147 cm³/mol. The van der Waals surface area contributed by atoms with Crippen LogP contribution in [0.15, 0.2) is 54.6 Å². The lowest BCUT2D eigenvalue weighted by molar-refractivity contribution is -0.142. The molecule has 2 aromatic rings. The molecule has 0 aliphatic rings. The standard InChI is InChI=1S/C29H38N4O6/c1-5-18(4)25(33-26(35)21-13-11-20(12-14-21)19-9-7-6-8-10-19)28(37)32-24(17(2)3)27(36)31-22(29(38)39)15-16-23(30)34/h6-14,17-18,22,24-25H,5,15-16H2,1-4H3,(H2,30,34)(H,31,36)(H,32,37)(H,33,35)(H,38,39)/t18-,22-,24+,25-/m0/s1. The van der Waals surface area contributed by atoms with Crippen LogP contribution in [0.2, 0.25) is 0 Å². The molecule has 0 unspecified atom stereocenters. The quantitative estimate of drug-likeness (QED) is 0.248. The van der Waals surface area contributed by atoms with Crippen LogP contribution in [0.5, 0.6) is 0 Å². The van der Waals surface area contributed by atoms with E-state index < -0.39 is 53.6 Å². The number of nitrogens with one attached hydrogen (secondary N) is 3. The molecule has 2 rings (SSSR count). The zero-order valence-electron chi connectivity index (χ0n) is 22.8. The average Bonchev–Trinajstić information content (AvgIpc) is 2.91. The zero-order valence-corrected chi connectivity index (χ0v) is 22.8. The van der Waals surface area contributed by atoms with Gasteiger partial charge in [-0.25, -0.2) is 4.79 Å². The monoisotopic (exact) mass is 538 g/mol. The summed E-state index contributed by atoms with van der Waals surface area (Å²) in [7, 11) is 0. The number of amides is 4. The van der Waals surface area contributed by atoms with Crippen LogP contribution in [-0.4, -0.2) is 52.8 Å². The third-order valence-corrected chi connectivity index (χ3v) is 6.58. The summed E-state index contributed by atoms with van der Waals surface area (Å²) in [5.74, 6) is -4.35. The molecule has 0 heterocycles. The minimum absolute atomic E-state index is 0.177. The first-order valence-corrected chi connectivity index (χ1v) is 13.0. The van der Waals surface area contributed by atoms with Crippen LogP contribution in [0.4, 0.5) is 0 Å². The molecule has 4 amide bonds. The molecule has 39 heavy (non-hydrogen) atoms. The van der Waals surface area contributed by atoms with E-state index in [4.69, 9.17) is 5.73 Å². The first kappa shape index (κ1) is 31.0. The summed E-state index contributed by atoms with van der Waals surface area (Å²) < 4.78 is 0. The third-order valence-electron chi connectivity index (χ3n) is 6.58. The van der Waals surface area contributed by atoms with Crippen LogP contribution in [0.1, 0.15) is 57.3 Å². The van der Waals surface area contributed by atoms with Crippen LogP contribution < -0.4 is 21.7 Å². The van der Waals surface area contributed by atoms with Crippen molar-refractivity contribution in [1.29, 1.82) is 0 Å². The SMILES string of the molecule is CC[C@H](C)[C@H](NC(=O)c1ccc(-c2ccccc2)cc1)C(=O)N[C@@H](C(=O)N[C@@H](CCC(N)=O)C(=O)O)C(C)C. The summed E-state index contributed by atoms with van der Waals surface area (Å²) in [6, 6.07) is 13.4. The molecule has 0 aliphatic carbocycles. The fourth-order valence-corrected chi connectivity index (χ4v) is 3.95. The fraction of sp³-hybridized carbons (Fsp3) is 0.414. The highest BCUT2D eigenvalue weighted by molar-refractivity contribution is 5.99. The molecule has 0 aliphatic heterocycles. The smallest absolute Gasteiger partial charge is 0.326 e. The highest BCUT2D eigenvalue weighted by Gasteiger charge is 2.33. The minimum Gasteiger partial charge on any atom is -0.480 e. The summed E-state index contributed by atoms with van der Waals surface area (Å²) in [6.45, 7) is 7.11. The topological polar surface area (TPSA) is 168 Å². The number of carboxylic acids is 1. The highest BCUT2D eigenvalue weighted by atomic mass is 16.4. The Morgan fingerprint density at radius 3 is 1.87 bits per heavy atom. The van der Waals surface area contributed by atoms with Crippen molar-refractivity contribution >= 4 is 29.6 Å². The van der Waals surface area contributed by atoms with Gasteiger partial charge < -0.3 is 26.8 Å². The number of carbonyl (C=O) groups is 5. The molecule has 0 bridgehead atoms. The van der Waals surface area contributed by atoms with Gasteiger partial charge in [0.15, 0.2) is 0 Å². The summed E-state index contributed by atoms with van der Waals surface area (Å²) in [5, 5.41) is 17.3. The van der Waals surface area contributed by atoms with Crippen molar-refractivity contribution in [3.8, 4) is 11.1 Å². The van der Waals surface area contributed by atoms with Crippen molar-refractivity contribution in [2.24, 2.45) is 17.6 Å². The number of primary amides is 1. The van der Waals surface area contributed by atoms with E-state index in [-0.39, 0.29) is 18.8 Å². The Morgan fingerprint density at radius 1 is 0.795 bits per heavy atom. The maximum absolute atomic E-state index is 13.3. The second-order valence-electron chi connectivity index (χ2n) is 9.91. The largest absolute Gasteiger partial charge is 0.480 e. The maximum atomic E-state index is 13.3. The second kappa shape index (κ2) is 14.7. The highest BCUT2D eigenvalue weighted by Crippen LogP contribution is 2.19. The van der Waals surface area contributed by atoms with E-state index in [0.717, 1.165) is 11.1 Å². The Kier molecular flexibility index (Phi) is 11.7. The third kappa shape index (κ3) is 9.24. The molecule has 210 valence electrons. The van der Waals surface area contributed by atoms with Crippen molar-refractivity contribution in [3.63, 3.8) is 0 Å². The van der Waals surface area contributed by atoms with E-state index in [9.17, 15) is 29.1 Å². The maximum Gasteiger partial charge on any atom is 0.326 e.